The normalized spacial score (nSPS) is 20.1. The van der Waals surface area contributed by atoms with E-state index in [2.05, 4.69) is 17.5 Å². The summed E-state index contributed by atoms with van der Waals surface area (Å²) in [5.74, 6) is -0.0909. The lowest BCUT2D eigenvalue weighted by Gasteiger charge is -2.31. The Kier molecular flexibility index (Phi) is 3.96. The molecule has 3 nitrogen and oxygen atoms in total. The van der Waals surface area contributed by atoms with Gasteiger partial charge in [0.2, 0.25) is 0 Å². The zero-order chi connectivity index (χ0) is 14.7. The molecule has 0 radical (unpaired) electrons. The van der Waals surface area contributed by atoms with Crippen molar-refractivity contribution in [3.05, 3.63) is 34.9 Å². The van der Waals surface area contributed by atoms with Gasteiger partial charge in [0, 0.05) is 5.56 Å². The molecule has 0 aliphatic heterocycles. The molecule has 21 heavy (non-hydrogen) atoms. The minimum atomic E-state index is -0.648. The zero-order valence-corrected chi connectivity index (χ0v) is 12.5. The first-order valence-electron chi connectivity index (χ1n) is 8.08. The molecule has 110 valence electrons. The summed E-state index contributed by atoms with van der Waals surface area (Å²) < 4.78 is 0. The first-order valence-corrected chi connectivity index (χ1v) is 8.08. The number of carbonyl (C=O) groups excluding carboxylic acids is 1. The van der Waals surface area contributed by atoms with Crippen LogP contribution in [0.4, 0.5) is 0 Å². The Bertz CT molecular complexity index is 579. The predicted octanol–water partition coefficient (Wildman–Crippen LogP) is 3.52. The summed E-state index contributed by atoms with van der Waals surface area (Å²) in [4.78, 5) is 12.5. The molecule has 0 unspecified atom stereocenters. The molecule has 1 aromatic rings. The fraction of sp³-hybridized carbons (Fsp3) is 0.556. The summed E-state index contributed by atoms with van der Waals surface area (Å²) in [6, 6.07) is 8.37. The summed E-state index contributed by atoms with van der Waals surface area (Å²) in [5, 5.41) is 12.5. The number of nitriles is 1. The highest BCUT2D eigenvalue weighted by molar-refractivity contribution is 5.95. The van der Waals surface area contributed by atoms with Gasteiger partial charge in [-0.25, -0.2) is 0 Å². The third kappa shape index (κ3) is 2.95. The third-order valence-electron chi connectivity index (χ3n) is 4.88. The van der Waals surface area contributed by atoms with Gasteiger partial charge in [0.05, 0.1) is 6.07 Å². The molecular weight excluding hydrogens is 260 g/mol. The maximum atomic E-state index is 12.5. The van der Waals surface area contributed by atoms with Crippen molar-refractivity contribution in [2.24, 2.45) is 0 Å². The molecule has 0 atom stereocenters. The number of hydrogen-bond acceptors (Lipinski definition) is 2. The van der Waals surface area contributed by atoms with Crippen molar-refractivity contribution in [3.63, 3.8) is 0 Å². The molecular formula is C18H22N2O. The second kappa shape index (κ2) is 5.89. The molecule has 1 fully saturated rings. The average molecular weight is 282 g/mol. The molecule has 0 heterocycles. The predicted molar refractivity (Wildman–Crippen MR) is 82.0 cm³/mol. The molecule has 1 N–H and O–H groups in total. The Morgan fingerprint density at radius 3 is 2.48 bits per heavy atom. The first-order chi connectivity index (χ1) is 10.2. The van der Waals surface area contributed by atoms with E-state index in [4.69, 9.17) is 0 Å². The quantitative estimate of drug-likeness (QED) is 0.902. The van der Waals surface area contributed by atoms with Gasteiger partial charge in [-0.05, 0) is 61.8 Å². The van der Waals surface area contributed by atoms with E-state index < -0.39 is 5.54 Å². The van der Waals surface area contributed by atoms with Crippen LogP contribution < -0.4 is 5.32 Å². The molecule has 0 spiro atoms. The third-order valence-corrected chi connectivity index (χ3v) is 4.88. The number of benzene rings is 1. The maximum Gasteiger partial charge on any atom is 0.252 e. The minimum Gasteiger partial charge on any atom is -0.334 e. The van der Waals surface area contributed by atoms with Crippen LogP contribution in [0, 0.1) is 11.3 Å². The van der Waals surface area contributed by atoms with Crippen LogP contribution in [0.25, 0.3) is 0 Å². The molecule has 3 rings (SSSR count). The van der Waals surface area contributed by atoms with Crippen molar-refractivity contribution in [2.45, 2.75) is 63.3 Å². The van der Waals surface area contributed by atoms with Crippen LogP contribution in [0.15, 0.2) is 18.2 Å². The zero-order valence-electron chi connectivity index (χ0n) is 12.5. The van der Waals surface area contributed by atoms with E-state index in [0.29, 0.717) is 5.56 Å². The van der Waals surface area contributed by atoms with Gasteiger partial charge in [-0.2, -0.15) is 5.26 Å². The van der Waals surface area contributed by atoms with Crippen LogP contribution >= 0.6 is 0 Å². The number of amides is 1. The van der Waals surface area contributed by atoms with Crippen LogP contribution in [-0.2, 0) is 12.8 Å². The van der Waals surface area contributed by atoms with E-state index >= 15 is 0 Å². The summed E-state index contributed by atoms with van der Waals surface area (Å²) in [6.45, 7) is 0. The van der Waals surface area contributed by atoms with Crippen molar-refractivity contribution < 1.29 is 4.79 Å². The number of fused-ring (bicyclic) bond motifs is 1. The lowest BCUT2D eigenvalue weighted by Crippen LogP contribution is -2.48. The summed E-state index contributed by atoms with van der Waals surface area (Å²) >= 11 is 0. The van der Waals surface area contributed by atoms with Gasteiger partial charge >= 0.3 is 0 Å². The molecule has 1 saturated carbocycles. The highest BCUT2D eigenvalue weighted by atomic mass is 16.1. The van der Waals surface area contributed by atoms with Gasteiger partial charge < -0.3 is 5.32 Å². The molecule has 2 aliphatic carbocycles. The van der Waals surface area contributed by atoms with Crippen molar-refractivity contribution in [1.29, 1.82) is 5.26 Å². The Hall–Kier alpha value is -1.82. The summed E-state index contributed by atoms with van der Waals surface area (Å²) in [5.41, 5.74) is 2.75. The van der Waals surface area contributed by atoms with E-state index in [-0.39, 0.29) is 5.91 Å². The lowest BCUT2D eigenvalue weighted by atomic mass is 9.82. The van der Waals surface area contributed by atoms with Gasteiger partial charge in [0.15, 0.2) is 0 Å². The Morgan fingerprint density at radius 1 is 1.05 bits per heavy atom. The number of rotatable bonds is 2. The van der Waals surface area contributed by atoms with E-state index in [1.165, 1.54) is 24.0 Å². The van der Waals surface area contributed by atoms with E-state index in [1.807, 2.05) is 12.1 Å². The molecule has 3 heteroatoms. The monoisotopic (exact) mass is 282 g/mol. The smallest absolute Gasteiger partial charge is 0.252 e. The van der Waals surface area contributed by atoms with E-state index in [0.717, 1.165) is 44.9 Å². The number of nitrogens with one attached hydrogen (secondary N) is 1. The largest absolute Gasteiger partial charge is 0.334 e. The number of aryl methyl sites for hydroxylation is 2. The Balaban J connectivity index is 1.77. The van der Waals surface area contributed by atoms with Crippen LogP contribution in [0.3, 0.4) is 0 Å². The van der Waals surface area contributed by atoms with Gasteiger partial charge in [-0.15, -0.1) is 0 Å². The van der Waals surface area contributed by atoms with Gasteiger partial charge in [0.25, 0.3) is 5.91 Å². The number of hydrogen-bond donors (Lipinski definition) is 1. The fourth-order valence-electron chi connectivity index (χ4n) is 3.58. The second-order valence-electron chi connectivity index (χ2n) is 6.40. The molecule has 0 bridgehead atoms. The number of carbonyl (C=O) groups is 1. The molecule has 0 aromatic heterocycles. The average Bonchev–Trinajstić information content (AvgIpc) is 2.55. The van der Waals surface area contributed by atoms with E-state index in [1.54, 1.807) is 0 Å². The summed E-state index contributed by atoms with van der Waals surface area (Å²) in [6.07, 6.45) is 9.42. The van der Waals surface area contributed by atoms with Crippen LogP contribution in [-0.4, -0.2) is 11.4 Å². The van der Waals surface area contributed by atoms with Crippen LogP contribution in [0.2, 0.25) is 0 Å². The van der Waals surface area contributed by atoms with Crippen LogP contribution in [0.5, 0.6) is 0 Å². The summed E-state index contributed by atoms with van der Waals surface area (Å²) in [7, 11) is 0. The lowest BCUT2D eigenvalue weighted by molar-refractivity contribution is 0.0902. The minimum absolute atomic E-state index is 0.0909. The number of nitrogens with zero attached hydrogens (tertiary/aromatic N) is 1. The Labute approximate surface area is 126 Å². The standard InChI is InChI=1S/C18H22N2O/c19-13-18(10-4-1-5-11-18)20-17(21)16-9-8-14-6-2-3-7-15(14)12-16/h8-9,12H,1-7,10-11H2,(H,20,21). The fourth-order valence-corrected chi connectivity index (χ4v) is 3.58. The highest BCUT2D eigenvalue weighted by Crippen LogP contribution is 2.28. The second-order valence-corrected chi connectivity index (χ2v) is 6.40. The SMILES string of the molecule is N#CC1(NC(=O)c2ccc3c(c2)CCCC3)CCCCC1. The highest BCUT2D eigenvalue weighted by Gasteiger charge is 2.33. The van der Waals surface area contributed by atoms with Crippen molar-refractivity contribution in [2.75, 3.05) is 0 Å². The topological polar surface area (TPSA) is 52.9 Å². The molecule has 2 aliphatic rings. The van der Waals surface area contributed by atoms with Crippen molar-refractivity contribution in [1.82, 2.24) is 5.32 Å². The van der Waals surface area contributed by atoms with Crippen molar-refractivity contribution >= 4 is 5.91 Å². The van der Waals surface area contributed by atoms with Gasteiger partial charge in [0.1, 0.15) is 5.54 Å². The van der Waals surface area contributed by atoms with Gasteiger partial charge in [-0.3, -0.25) is 4.79 Å². The molecule has 1 aromatic carbocycles. The van der Waals surface area contributed by atoms with Crippen molar-refractivity contribution in [3.8, 4) is 6.07 Å². The van der Waals surface area contributed by atoms with E-state index in [9.17, 15) is 10.1 Å². The molecule has 1 amide bonds. The van der Waals surface area contributed by atoms with Crippen LogP contribution in [0.1, 0.15) is 66.4 Å². The first kappa shape index (κ1) is 14.1. The van der Waals surface area contributed by atoms with Gasteiger partial charge in [-0.1, -0.05) is 25.3 Å². The Morgan fingerprint density at radius 2 is 1.76 bits per heavy atom. The maximum absolute atomic E-state index is 12.5. The molecule has 0 saturated heterocycles.